The molecule has 2 aliphatic heterocycles. The van der Waals surface area contributed by atoms with Crippen LogP contribution in [0.1, 0.15) is 25.3 Å². The van der Waals surface area contributed by atoms with Crippen LogP contribution in [0.4, 0.5) is 0 Å². The highest BCUT2D eigenvalue weighted by molar-refractivity contribution is 8.18. The van der Waals surface area contributed by atoms with Crippen LogP contribution in [-0.4, -0.2) is 46.0 Å². The molecular weight excluding hydrogens is 432 g/mol. The third-order valence-corrected chi connectivity index (χ3v) is 6.97. The summed E-state index contributed by atoms with van der Waals surface area (Å²) in [5.41, 5.74) is 3.54. The molecule has 0 N–H and O–H groups in total. The number of carbonyl (C=O) groups excluding carboxylic acids is 1. The lowest BCUT2D eigenvalue weighted by Crippen LogP contribution is -2.37. The Morgan fingerprint density at radius 3 is 2.79 bits per heavy atom. The van der Waals surface area contributed by atoms with E-state index in [1.807, 2.05) is 71.6 Å². The second-order valence-corrected chi connectivity index (χ2v) is 9.46. The van der Waals surface area contributed by atoms with Gasteiger partial charge in [-0.05, 0) is 60.9 Å². The van der Waals surface area contributed by atoms with Gasteiger partial charge in [0.15, 0.2) is 5.17 Å². The highest BCUT2D eigenvalue weighted by Crippen LogP contribution is 2.35. The van der Waals surface area contributed by atoms with Crippen LogP contribution >= 0.6 is 11.8 Å². The molecule has 1 aromatic heterocycles. The zero-order valence-electron chi connectivity index (χ0n) is 18.8. The predicted octanol–water partition coefficient (Wildman–Crippen LogP) is 5.25. The van der Waals surface area contributed by atoms with E-state index in [0.717, 1.165) is 52.9 Å². The van der Waals surface area contributed by atoms with E-state index in [1.165, 1.54) is 18.2 Å². The van der Waals surface area contributed by atoms with Gasteiger partial charge in [-0.15, -0.1) is 0 Å². The summed E-state index contributed by atoms with van der Waals surface area (Å²) in [6.45, 7) is 4.16. The summed E-state index contributed by atoms with van der Waals surface area (Å²) in [5, 5.41) is 5.68. The fourth-order valence-electron chi connectivity index (χ4n) is 4.24. The molecule has 0 saturated carbocycles. The molecular formula is C26H26N4O2S. The van der Waals surface area contributed by atoms with Gasteiger partial charge in [0.2, 0.25) is 0 Å². The molecule has 1 amide bonds. The Morgan fingerprint density at radius 2 is 2.00 bits per heavy atom. The quantitative estimate of drug-likeness (QED) is 0.500. The first-order valence-corrected chi connectivity index (χ1v) is 12.0. The Kier molecular flexibility index (Phi) is 6.05. The van der Waals surface area contributed by atoms with Gasteiger partial charge in [0.1, 0.15) is 11.4 Å². The third-order valence-electron chi connectivity index (χ3n) is 5.93. The van der Waals surface area contributed by atoms with Gasteiger partial charge in [0.05, 0.1) is 17.7 Å². The highest BCUT2D eigenvalue weighted by atomic mass is 32.2. The molecule has 0 spiro atoms. The summed E-state index contributed by atoms with van der Waals surface area (Å²) in [6.07, 6.45) is 6.25. The van der Waals surface area contributed by atoms with Crippen molar-refractivity contribution in [2.75, 3.05) is 20.2 Å². The summed E-state index contributed by atoms with van der Waals surface area (Å²) >= 11 is 1.46. The SMILES string of the molecule is COc1cccc(-c2nn(-c3ccccc3)cc2/C=C2\SC(N3CCC[C@H](C)C3)=NC2=O)c1. The van der Waals surface area contributed by atoms with Crippen molar-refractivity contribution in [3.05, 3.63) is 71.3 Å². The lowest BCUT2D eigenvalue weighted by molar-refractivity contribution is -0.113. The Balaban J connectivity index is 1.51. The number of hydrogen-bond acceptors (Lipinski definition) is 5. The summed E-state index contributed by atoms with van der Waals surface area (Å²) in [7, 11) is 1.65. The normalized spacial score (nSPS) is 19.8. The zero-order valence-corrected chi connectivity index (χ0v) is 19.6. The van der Waals surface area contributed by atoms with E-state index in [2.05, 4.69) is 16.8 Å². The van der Waals surface area contributed by atoms with Gasteiger partial charge < -0.3 is 9.64 Å². The molecule has 3 heterocycles. The molecule has 0 bridgehead atoms. The summed E-state index contributed by atoms with van der Waals surface area (Å²) in [6, 6.07) is 17.8. The van der Waals surface area contributed by atoms with Crippen molar-refractivity contribution in [3.8, 4) is 22.7 Å². The molecule has 6 nitrogen and oxygen atoms in total. The van der Waals surface area contributed by atoms with E-state index in [0.29, 0.717) is 10.8 Å². The van der Waals surface area contributed by atoms with Crippen molar-refractivity contribution < 1.29 is 9.53 Å². The molecule has 0 unspecified atom stereocenters. The van der Waals surface area contributed by atoms with Gasteiger partial charge in [-0.1, -0.05) is 37.3 Å². The fourth-order valence-corrected chi connectivity index (χ4v) is 5.18. The van der Waals surface area contributed by atoms with Crippen LogP contribution in [0.15, 0.2) is 70.7 Å². The number of nitrogens with zero attached hydrogens (tertiary/aromatic N) is 4. The number of amidine groups is 1. The van der Waals surface area contributed by atoms with E-state index in [4.69, 9.17) is 9.84 Å². The van der Waals surface area contributed by atoms with E-state index >= 15 is 0 Å². The largest absolute Gasteiger partial charge is 0.497 e. The van der Waals surface area contributed by atoms with Gasteiger partial charge in [-0.2, -0.15) is 10.1 Å². The van der Waals surface area contributed by atoms with Crippen LogP contribution in [0.25, 0.3) is 23.0 Å². The molecule has 2 aliphatic rings. The number of para-hydroxylation sites is 1. The van der Waals surface area contributed by atoms with Crippen LogP contribution in [0.2, 0.25) is 0 Å². The first-order chi connectivity index (χ1) is 16.1. The van der Waals surface area contributed by atoms with Gasteiger partial charge in [0, 0.05) is 30.4 Å². The van der Waals surface area contributed by atoms with Crippen molar-refractivity contribution in [2.45, 2.75) is 19.8 Å². The van der Waals surface area contributed by atoms with Crippen molar-refractivity contribution >= 4 is 28.9 Å². The summed E-state index contributed by atoms with van der Waals surface area (Å²) < 4.78 is 7.26. The number of rotatable bonds is 4. The van der Waals surface area contributed by atoms with Crippen molar-refractivity contribution in [1.29, 1.82) is 0 Å². The molecule has 7 heteroatoms. The molecule has 0 radical (unpaired) electrons. The van der Waals surface area contributed by atoms with Crippen molar-refractivity contribution in [3.63, 3.8) is 0 Å². The minimum Gasteiger partial charge on any atom is -0.497 e. The number of aliphatic imine (C=N–C) groups is 1. The molecule has 1 fully saturated rings. The monoisotopic (exact) mass is 458 g/mol. The second-order valence-electron chi connectivity index (χ2n) is 8.45. The maximum absolute atomic E-state index is 12.8. The number of aromatic nitrogens is 2. The van der Waals surface area contributed by atoms with Crippen molar-refractivity contribution in [1.82, 2.24) is 14.7 Å². The Morgan fingerprint density at radius 1 is 1.15 bits per heavy atom. The van der Waals surface area contributed by atoms with Gasteiger partial charge in [-0.3, -0.25) is 4.79 Å². The second kappa shape index (κ2) is 9.27. The van der Waals surface area contributed by atoms with Gasteiger partial charge in [-0.25, -0.2) is 4.68 Å². The lowest BCUT2D eigenvalue weighted by atomic mass is 10.0. The number of amides is 1. The van der Waals surface area contributed by atoms with E-state index in [9.17, 15) is 4.79 Å². The topological polar surface area (TPSA) is 59.7 Å². The summed E-state index contributed by atoms with van der Waals surface area (Å²) in [4.78, 5) is 20.0. The molecule has 168 valence electrons. The average molecular weight is 459 g/mol. The van der Waals surface area contributed by atoms with Crippen LogP contribution in [0.3, 0.4) is 0 Å². The highest BCUT2D eigenvalue weighted by Gasteiger charge is 2.29. The Hall–Kier alpha value is -3.32. The molecule has 1 atom stereocenters. The van der Waals surface area contributed by atoms with Crippen molar-refractivity contribution in [2.24, 2.45) is 10.9 Å². The minimum absolute atomic E-state index is 0.183. The van der Waals surface area contributed by atoms with Crippen LogP contribution < -0.4 is 4.74 Å². The number of benzene rings is 2. The molecule has 0 aliphatic carbocycles. The molecule has 2 aromatic carbocycles. The molecule has 1 saturated heterocycles. The smallest absolute Gasteiger partial charge is 0.286 e. The number of methoxy groups -OCH3 is 1. The van der Waals surface area contributed by atoms with Gasteiger partial charge >= 0.3 is 0 Å². The predicted molar refractivity (Wildman–Crippen MR) is 134 cm³/mol. The van der Waals surface area contributed by atoms with E-state index in [1.54, 1.807) is 7.11 Å². The third kappa shape index (κ3) is 4.59. The zero-order chi connectivity index (χ0) is 22.8. The average Bonchev–Trinajstić information content (AvgIpc) is 3.44. The number of likely N-dealkylation sites (tertiary alicyclic amines) is 1. The number of hydrogen-bond donors (Lipinski definition) is 0. The Bertz CT molecular complexity index is 1230. The maximum Gasteiger partial charge on any atom is 0.286 e. The fraction of sp³-hybridized carbons (Fsp3) is 0.269. The summed E-state index contributed by atoms with van der Waals surface area (Å²) in [5.74, 6) is 1.20. The van der Waals surface area contributed by atoms with Crippen LogP contribution in [-0.2, 0) is 4.79 Å². The molecule has 33 heavy (non-hydrogen) atoms. The van der Waals surface area contributed by atoms with Crippen LogP contribution in [0.5, 0.6) is 5.75 Å². The Labute approximate surface area is 198 Å². The number of ether oxygens (including phenoxy) is 1. The molecule has 3 aromatic rings. The number of thioether (sulfide) groups is 1. The molecule has 5 rings (SSSR count). The number of piperidine rings is 1. The lowest BCUT2D eigenvalue weighted by Gasteiger charge is -2.31. The van der Waals surface area contributed by atoms with Gasteiger partial charge in [0.25, 0.3) is 5.91 Å². The minimum atomic E-state index is -0.183. The van der Waals surface area contributed by atoms with E-state index in [-0.39, 0.29) is 5.91 Å². The first-order valence-electron chi connectivity index (χ1n) is 11.2. The standard InChI is InChI=1S/C26H26N4O2S/c1-18-8-7-13-29(16-18)26-27-25(31)23(33-26)15-20-17-30(21-10-4-3-5-11-21)28-24(20)19-9-6-12-22(14-19)32-2/h3-6,9-12,14-15,17-18H,7-8,13,16H2,1-2H3/b23-15-/t18-/m0/s1. The first kappa shape index (κ1) is 21.5. The van der Waals surface area contributed by atoms with Crippen LogP contribution in [0, 0.1) is 5.92 Å². The number of carbonyl (C=O) groups is 1. The maximum atomic E-state index is 12.8. The van der Waals surface area contributed by atoms with E-state index < -0.39 is 0 Å².